The lowest BCUT2D eigenvalue weighted by molar-refractivity contribution is -0.231. The molecule has 0 saturated heterocycles. The zero-order valence-corrected chi connectivity index (χ0v) is 18.3. The third-order valence-corrected chi connectivity index (χ3v) is 4.09. The van der Waals surface area contributed by atoms with Gasteiger partial charge in [-0.3, -0.25) is 15.0 Å². The van der Waals surface area contributed by atoms with Gasteiger partial charge in [0.25, 0.3) is 0 Å². The number of aromatic nitrogens is 1. The van der Waals surface area contributed by atoms with E-state index in [2.05, 4.69) is 9.87 Å². The van der Waals surface area contributed by atoms with Crippen LogP contribution in [0.1, 0.15) is 11.1 Å². The van der Waals surface area contributed by atoms with Crippen molar-refractivity contribution in [2.45, 2.75) is 6.42 Å². The van der Waals surface area contributed by atoms with Crippen molar-refractivity contribution in [1.82, 2.24) is 9.88 Å². The summed E-state index contributed by atoms with van der Waals surface area (Å²) in [5.41, 5.74) is 1.99. The molecule has 0 saturated carbocycles. The lowest BCUT2D eigenvalue weighted by Crippen LogP contribution is -2.27. The summed E-state index contributed by atoms with van der Waals surface area (Å²) in [5.74, 6) is 0.298. The molecule has 9 nitrogen and oxygen atoms in total. The molecule has 1 aromatic carbocycles. The predicted octanol–water partition coefficient (Wildman–Crippen LogP) is 2.93. The van der Waals surface area contributed by atoms with Crippen molar-refractivity contribution < 1.29 is 34.3 Å². The molecule has 0 aliphatic rings. The molecule has 172 valence electrons. The van der Waals surface area contributed by atoms with Gasteiger partial charge in [-0.25, -0.2) is 9.68 Å². The Hall–Kier alpha value is -3.69. The van der Waals surface area contributed by atoms with E-state index in [0.29, 0.717) is 18.0 Å². The fourth-order valence-corrected chi connectivity index (χ4v) is 2.40. The summed E-state index contributed by atoms with van der Waals surface area (Å²) >= 11 is 0. The minimum absolute atomic E-state index is 0.0423. The second kappa shape index (κ2) is 15.2. The zero-order chi connectivity index (χ0) is 23.8. The van der Waals surface area contributed by atoms with Crippen LogP contribution in [-0.2, 0) is 20.9 Å². The summed E-state index contributed by atoms with van der Waals surface area (Å²) < 4.78 is 10.5. The molecule has 0 aliphatic heterocycles. The predicted molar refractivity (Wildman–Crippen MR) is 120 cm³/mol. The van der Waals surface area contributed by atoms with Gasteiger partial charge in [0, 0.05) is 38.1 Å². The summed E-state index contributed by atoms with van der Waals surface area (Å²) in [4.78, 5) is 31.0. The van der Waals surface area contributed by atoms with Crippen LogP contribution in [0.2, 0.25) is 0 Å². The average Bonchev–Trinajstić information content (AvgIpc) is 2.81. The molecule has 32 heavy (non-hydrogen) atoms. The van der Waals surface area contributed by atoms with Crippen molar-refractivity contribution in [3.05, 3.63) is 72.1 Å². The first kappa shape index (κ1) is 26.3. The van der Waals surface area contributed by atoms with Crippen LogP contribution in [-0.4, -0.2) is 66.5 Å². The van der Waals surface area contributed by atoms with Gasteiger partial charge >= 0.3 is 5.97 Å². The van der Waals surface area contributed by atoms with Gasteiger partial charge in [-0.05, 0) is 47.9 Å². The molecule has 0 radical (unpaired) electrons. The lowest BCUT2D eigenvalue weighted by atomic mass is 10.1. The number of aliphatic carboxylic acids is 1. The first-order valence-electron chi connectivity index (χ1n) is 9.61. The quantitative estimate of drug-likeness (QED) is 0.326. The van der Waals surface area contributed by atoms with Crippen molar-refractivity contribution in [3.8, 4) is 11.5 Å². The monoisotopic (exact) mass is 444 g/mol. The molecule has 0 aliphatic carbocycles. The van der Waals surface area contributed by atoms with Gasteiger partial charge in [0.2, 0.25) is 5.91 Å². The van der Waals surface area contributed by atoms with Gasteiger partial charge in [-0.2, -0.15) is 0 Å². The number of carbonyl (C=O) groups is 2. The number of carboxylic acid groups (broad SMARTS) is 1. The highest BCUT2D eigenvalue weighted by molar-refractivity contribution is 5.91. The fraction of sp³-hybridized carbons (Fsp3) is 0.261. The maximum atomic E-state index is 12.1. The first-order valence-corrected chi connectivity index (χ1v) is 9.61. The topological polar surface area (TPSA) is 118 Å². The molecule has 0 fully saturated rings. The number of hydrogen-bond donors (Lipinski definition) is 2. The summed E-state index contributed by atoms with van der Waals surface area (Å²) in [6, 6.07) is 9.53. The SMILES string of the molecule is COc1ccc(CCN(C)C(=O)/C=C/c2cccnc2)cc1OC.O=C(O)/C=C/COO. The number of amides is 1. The Kier molecular flexibility index (Phi) is 12.5. The molecule has 2 rings (SSSR count). The molecule has 1 heterocycles. The number of ether oxygens (including phenoxy) is 2. The number of pyridine rings is 1. The van der Waals surface area contributed by atoms with E-state index >= 15 is 0 Å². The van der Waals surface area contributed by atoms with Gasteiger partial charge in [0.1, 0.15) is 6.61 Å². The summed E-state index contributed by atoms with van der Waals surface area (Å²) in [6.07, 6.45) is 9.55. The van der Waals surface area contributed by atoms with Crippen LogP contribution >= 0.6 is 0 Å². The second-order valence-electron chi connectivity index (χ2n) is 6.36. The summed E-state index contributed by atoms with van der Waals surface area (Å²) in [5, 5.41) is 15.6. The van der Waals surface area contributed by atoms with Crippen molar-refractivity contribution in [2.24, 2.45) is 0 Å². The molecule has 0 bridgehead atoms. The van der Waals surface area contributed by atoms with Crippen LogP contribution in [0.5, 0.6) is 11.5 Å². The molecular formula is C23H28N2O7. The van der Waals surface area contributed by atoms with E-state index in [1.165, 1.54) is 6.08 Å². The zero-order valence-electron chi connectivity index (χ0n) is 18.3. The molecule has 2 aromatic rings. The van der Waals surface area contributed by atoms with E-state index in [-0.39, 0.29) is 12.5 Å². The van der Waals surface area contributed by atoms with Crippen molar-refractivity contribution >= 4 is 18.0 Å². The number of rotatable bonds is 10. The number of carbonyl (C=O) groups excluding carboxylic acids is 1. The molecular weight excluding hydrogens is 416 g/mol. The highest BCUT2D eigenvalue weighted by atomic mass is 17.1. The van der Waals surface area contributed by atoms with E-state index < -0.39 is 5.97 Å². The molecule has 1 aromatic heterocycles. The minimum atomic E-state index is -1.05. The fourth-order valence-electron chi connectivity index (χ4n) is 2.40. The Morgan fingerprint density at radius 2 is 1.88 bits per heavy atom. The molecule has 0 atom stereocenters. The van der Waals surface area contributed by atoms with Gasteiger partial charge in [-0.15, -0.1) is 0 Å². The van der Waals surface area contributed by atoms with E-state index in [9.17, 15) is 9.59 Å². The molecule has 0 unspecified atom stereocenters. The standard InChI is InChI=1S/C19H22N2O3.C4H6O4/c1-21(19(22)9-7-16-5-4-11-20-14-16)12-10-15-6-8-17(23-2)18(13-15)24-3;5-4(6)2-1-3-8-7/h4-9,11,13-14H,10,12H2,1-3H3;1-2,7H,3H2,(H,5,6)/b9-7+;2-1+. The van der Waals surface area contributed by atoms with Gasteiger partial charge in [0.05, 0.1) is 14.2 Å². The number of carboxylic acids is 1. The number of likely N-dealkylation sites (N-methyl/N-ethyl adjacent to an activating group) is 1. The Morgan fingerprint density at radius 3 is 2.47 bits per heavy atom. The van der Waals surface area contributed by atoms with Crippen molar-refractivity contribution in [3.63, 3.8) is 0 Å². The number of nitrogens with zero attached hydrogens (tertiary/aromatic N) is 2. The molecule has 2 N–H and O–H groups in total. The Morgan fingerprint density at radius 1 is 1.12 bits per heavy atom. The number of benzene rings is 1. The number of hydrogen-bond acceptors (Lipinski definition) is 7. The van der Waals surface area contributed by atoms with Crippen molar-refractivity contribution in [2.75, 3.05) is 34.4 Å². The van der Waals surface area contributed by atoms with E-state index in [4.69, 9.17) is 19.8 Å². The number of methoxy groups -OCH3 is 2. The normalized spacial score (nSPS) is 10.5. The molecule has 1 amide bonds. The third kappa shape index (κ3) is 10.4. The highest BCUT2D eigenvalue weighted by Crippen LogP contribution is 2.27. The van der Waals surface area contributed by atoms with Gasteiger partial charge in [0.15, 0.2) is 11.5 Å². The summed E-state index contributed by atoms with van der Waals surface area (Å²) in [6.45, 7) is 0.526. The van der Waals surface area contributed by atoms with Crippen LogP contribution in [0.3, 0.4) is 0 Å². The Balaban J connectivity index is 0.000000547. The maximum Gasteiger partial charge on any atom is 0.328 e. The lowest BCUT2D eigenvalue weighted by Gasteiger charge is -2.16. The van der Waals surface area contributed by atoms with Gasteiger partial charge in [-0.1, -0.05) is 12.1 Å². The Labute approximate surface area is 187 Å². The highest BCUT2D eigenvalue weighted by Gasteiger charge is 2.08. The minimum Gasteiger partial charge on any atom is -0.493 e. The smallest absolute Gasteiger partial charge is 0.328 e. The van der Waals surface area contributed by atoms with Crippen LogP contribution in [0.15, 0.2) is 61.0 Å². The van der Waals surface area contributed by atoms with Crippen LogP contribution in [0, 0.1) is 0 Å². The average molecular weight is 444 g/mol. The molecule has 0 spiro atoms. The van der Waals surface area contributed by atoms with Crippen LogP contribution in [0.4, 0.5) is 0 Å². The third-order valence-electron chi connectivity index (χ3n) is 4.09. The van der Waals surface area contributed by atoms with Gasteiger partial charge < -0.3 is 19.5 Å². The van der Waals surface area contributed by atoms with Crippen LogP contribution < -0.4 is 9.47 Å². The van der Waals surface area contributed by atoms with E-state index in [1.807, 2.05) is 30.3 Å². The Bertz CT molecular complexity index is 898. The molecule has 9 heteroatoms. The summed E-state index contributed by atoms with van der Waals surface area (Å²) in [7, 11) is 5.01. The first-order chi connectivity index (χ1) is 15.4. The van der Waals surface area contributed by atoms with Crippen molar-refractivity contribution in [1.29, 1.82) is 0 Å². The van der Waals surface area contributed by atoms with E-state index in [1.54, 1.807) is 50.7 Å². The second-order valence-corrected chi connectivity index (χ2v) is 6.36. The van der Waals surface area contributed by atoms with E-state index in [0.717, 1.165) is 23.6 Å². The van der Waals surface area contributed by atoms with Crippen LogP contribution in [0.25, 0.3) is 6.08 Å². The largest absolute Gasteiger partial charge is 0.493 e. The maximum absolute atomic E-state index is 12.1.